The third kappa shape index (κ3) is 11.2. The van der Waals surface area contributed by atoms with E-state index >= 15 is 0 Å². The van der Waals surface area contributed by atoms with E-state index in [0.717, 1.165) is 19.3 Å². The number of nitrogens with one attached hydrogen (secondary N) is 1. The molecule has 0 saturated carbocycles. The van der Waals surface area contributed by atoms with Gasteiger partial charge in [0, 0.05) is 12.3 Å². The highest BCUT2D eigenvalue weighted by atomic mass is 32.2. The first-order chi connectivity index (χ1) is 12.6. The van der Waals surface area contributed by atoms with E-state index in [1.807, 2.05) is 6.07 Å². The monoisotopic (exact) mass is 387 g/mol. The molecule has 1 rings (SSSR count). The lowest BCUT2D eigenvalue weighted by Gasteiger charge is -2.16. The van der Waals surface area contributed by atoms with Crippen molar-refractivity contribution in [3.8, 4) is 0 Å². The molecule has 0 saturated heterocycles. The van der Waals surface area contributed by atoms with Gasteiger partial charge in [-0.2, -0.15) is 0 Å². The van der Waals surface area contributed by atoms with E-state index < -0.39 is 22.9 Å². The number of thiol groups is 1. The van der Waals surface area contributed by atoms with Crippen LogP contribution in [0.25, 0.3) is 0 Å². The number of amides is 1. The molecule has 26 heavy (non-hydrogen) atoms. The quantitative estimate of drug-likeness (QED) is 0.340. The van der Waals surface area contributed by atoms with Gasteiger partial charge in [0.15, 0.2) is 6.10 Å². The molecule has 1 aromatic heterocycles. The normalized spacial score (nSPS) is 12.2. The summed E-state index contributed by atoms with van der Waals surface area (Å²) in [6.45, 7) is 2.50. The zero-order valence-corrected chi connectivity index (χ0v) is 16.7. The van der Waals surface area contributed by atoms with Crippen molar-refractivity contribution in [2.75, 3.05) is 12.3 Å². The van der Waals surface area contributed by atoms with Crippen LogP contribution in [0.4, 0.5) is 4.79 Å². The first kappa shape index (κ1) is 22.5. The van der Waals surface area contributed by atoms with E-state index in [-0.39, 0.29) is 12.3 Å². The molecule has 150 valence electrons. The Balaban J connectivity index is 2.26. The van der Waals surface area contributed by atoms with Crippen LogP contribution in [-0.2, 0) is 15.4 Å². The van der Waals surface area contributed by atoms with Crippen molar-refractivity contribution in [3.05, 3.63) is 24.2 Å². The van der Waals surface area contributed by atoms with Crippen molar-refractivity contribution >= 4 is 16.8 Å². The maximum atomic E-state index is 11.9. The summed E-state index contributed by atoms with van der Waals surface area (Å²) in [5.74, 6) is 0.709. The minimum Gasteiger partial charge on any atom is -0.465 e. The summed E-state index contributed by atoms with van der Waals surface area (Å²) in [5.41, 5.74) is 0. The number of hydrogen-bond acceptors (Lipinski definition) is 5. The zero-order chi connectivity index (χ0) is 19.0. The molecule has 0 fully saturated rings. The number of ether oxygens (including phenoxy) is 1. The molecule has 7 heteroatoms. The fourth-order valence-corrected chi connectivity index (χ4v) is 3.18. The largest absolute Gasteiger partial charge is 0.465 e. The van der Waals surface area contributed by atoms with Crippen molar-refractivity contribution in [2.45, 2.75) is 77.2 Å². The minimum atomic E-state index is -2.40. The molecule has 1 heterocycles. The molecule has 6 nitrogen and oxygen atoms in total. The molecule has 1 unspecified atom stereocenters. The lowest BCUT2D eigenvalue weighted by atomic mass is 10.0. The topological polar surface area (TPSA) is 85.6 Å². The Morgan fingerprint density at radius 1 is 1.12 bits per heavy atom. The molecule has 1 atom stereocenters. The van der Waals surface area contributed by atoms with Gasteiger partial charge in [0.25, 0.3) is 0 Å². The standard InChI is InChI=1S/C19H33NO5S/c1-2-3-4-5-6-7-8-9-12-18(17-13-10-15-24-17)25-19(21)20-14-11-16-26(22)23/h10,13,15,18,26H,2-9,11-12,14,16H2,1H3,(H,20,21). The summed E-state index contributed by atoms with van der Waals surface area (Å²) in [6, 6.07) is 3.59. The van der Waals surface area contributed by atoms with E-state index in [4.69, 9.17) is 9.15 Å². The highest BCUT2D eigenvalue weighted by Gasteiger charge is 2.18. The van der Waals surface area contributed by atoms with Crippen LogP contribution in [0.5, 0.6) is 0 Å². The Hall–Kier alpha value is -1.50. The molecule has 1 amide bonds. The lowest BCUT2D eigenvalue weighted by Crippen LogP contribution is -2.27. The van der Waals surface area contributed by atoms with Crippen LogP contribution in [0.1, 0.15) is 83.0 Å². The summed E-state index contributed by atoms with van der Waals surface area (Å²) < 4.78 is 31.9. The molecule has 0 aliphatic carbocycles. The Bertz CT molecular complexity index is 534. The second kappa shape index (κ2) is 14.6. The van der Waals surface area contributed by atoms with Gasteiger partial charge >= 0.3 is 6.09 Å². The predicted molar refractivity (Wildman–Crippen MR) is 103 cm³/mol. The van der Waals surface area contributed by atoms with Crippen molar-refractivity contribution in [1.82, 2.24) is 5.32 Å². The van der Waals surface area contributed by atoms with E-state index in [1.165, 1.54) is 38.5 Å². The number of unbranched alkanes of at least 4 members (excludes halogenated alkanes) is 7. The van der Waals surface area contributed by atoms with Crippen molar-refractivity contribution in [2.24, 2.45) is 0 Å². The van der Waals surface area contributed by atoms with Crippen LogP contribution >= 0.6 is 0 Å². The first-order valence-corrected chi connectivity index (χ1v) is 11.1. The summed E-state index contributed by atoms with van der Waals surface area (Å²) in [6.07, 6.45) is 11.5. The molecule has 0 aromatic carbocycles. The van der Waals surface area contributed by atoms with Crippen LogP contribution in [0, 0.1) is 0 Å². The maximum absolute atomic E-state index is 11.9. The SMILES string of the molecule is CCCCCCCCCCC(OC(=O)NCCC[SH](=O)=O)c1ccco1. The number of carbonyl (C=O) groups is 1. The van der Waals surface area contributed by atoms with E-state index in [0.29, 0.717) is 12.2 Å². The van der Waals surface area contributed by atoms with E-state index in [9.17, 15) is 13.2 Å². The average Bonchev–Trinajstić information content (AvgIpc) is 3.14. The molecule has 0 aliphatic rings. The molecule has 1 N–H and O–H groups in total. The highest BCUT2D eigenvalue weighted by molar-refractivity contribution is 7.72. The zero-order valence-electron chi connectivity index (χ0n) is 15.8. The van der Waals surface area contributed by atoms with Gasteiger partial charge in [0.2, 0.25) is 0 Å². The van der Waals surface area contributed by atoms with Crippen molar-refractivity contribution in [3.63, 3.8) is 0 Å². The lowest BCUT2D eigenvalue weighted by molar-refractivity contribution is 0.0778. The van der Waals surface area contributed by atoms with Gasteiger partial charge in [0.05, 0.1) is 6.26 Å². The Morgan fingerprint density at radius 2 is 1.81 bits per heavy atom. The van der Waals surface area contributed by atoms with E-state index in [2.05, 4.69) is 12.2 Å². The maximum Gasteiger partial charge on any atom is 0.407 e. The summed E-state index contributed by atoms with van der Waals surface area (Å²) in [4.78, 5) is 11.9. The van der Waals surface area contributed by atoms with Gasteiger partial charge in [-0.15, -0.1) is 0 Å². The highest BCUT2D eigenvalue weighted by Crippen LogP contribution is 2.25. The van der Waals surface area contributed by atoms with Crippen LogP contribution < -0.4 is 5.32 Å². The second-order valence-electron chi connectivity index (χ2n) is 6.51. The number of hydrogen-bond donors (Lipinski definition) is 2. The number of alkyl carbamates (subject to hydrolysis) is 1. The summed E-state index contributed by atoms with van der Waals surface area (Å²) in [5, 5.41) is 2.59. The number of rotatable bonds is 15. The number of carbonyl (C=O) groups excluding carboxylic acids is 1. The first-order valence-electron chi connectivity index (χ1n) is 9.73. The smallest absolute Gasteiger partial charge is 0.407 e. The van der Waals surface area contributed by atoms with Gasteiger partial charge in [-0.1, -0.05) is 51.9 Å². The third-order valence-corrected chi connectivity index (χ3v) is 4.90. The van der Waals surface area contributed by atoms with Crippen LogP contribution in [-0.4, -0.2) is 26.8 Å². The Labute approximate surface area is 158 Å². The minimum absolute atomic E-state index is 0.0650. The van der Waals surface area contributed by atoms with Gasteiger partial charge in [-0.05, 0) is 31.4 Å². The van der Waals surface area contributed by atoms with Gasteiger partial charge < -0.3 is 14.5 Å². The fraction of sp³-hybridized carbons (Fsp3) is 0.737. The van der Waals surface area contributed by atoms with Crippen LogP contribution in [0.2, 0.25) is 0 Å². The molecule has 0 radical (unpaired) electrons. The van der Waals surface area contributed by atoms with Gasteiger partial charge in [-0.3, -0.25) is 0 Å². The Morgan fingerprint density at radius 3 is 2.42 bits per heavy atom. The molecule has 0 spiro atoms. The second-order valence-corrected chi connectivity index (χ2v) is 7.62. The van der Waals surface area contributed by atoms with Crippen LogP contribution in [0.15, 0.2) is 22.8 Å². The fourth-order valence-electron chi connectivity index (χ4n) is 2.77. The molecular formula is C19H33NO5S. The van der Waals surface area contributed by atoms with Gasteiger partial charge in [0.1, 0.15) is 16.5 Å². The third-order valence-electron chi connectivity index (χ3n) is 4.22. The van der Waals surface area contributed by atoms with Crippen molar-refractivity contribution in [1.29, 1.82) is 0 Å². The van der Waals surface area contributed by atoms with Crippen LogP contribution in [0.3, 0.4) is 0 Å². The Kier molecular flexibility index (Phi) is 12.7. The summed E-state index contributed by atoms with van der Waals surface area (Å²) in [7, 11) is -2.40. The van der Waals surface area contributed by atoms with Crippen molar-refractivity contribution < 1.29 is 22.4 Å². The average molecular weight is 388 g/mol. The molecular weight excluding hydrogens is 354 g/mol. The molecule has 1 aromatic rings. The summed E-state index contributed by atoms with van der Waals surface area (Å²) >= 11 is 0. The number of furan rings is 1. The van der Waals surface area contributed by atoms with Gasteiger partial charge in [-0.25, -0.2) is 13.2 Å². The predicted octanol–water partition coefficient (Wildman–Crippen LogP) is 4.58. The molecule has 0 bridgehead atoms. The van der Waals surface area contributed by atoms with E-state index in [1.54, 1.807) is 12.3 Å². The molecule has 0 aliphatic heterocycles.